The Bertz CT molecular complexity index is 628. The molecule has 1 amide bonds. The lowest BCUT2D eigenvalue weighted by molar-refractivity contribution is -0.123. The van der Waals surface area contributed by atoms with Gasteiger partial charge in [-0.1, -0.05) is 49.4 Å². The minimum atomic E-state index is -0.762. The molecule has 0 aliphatic heterocycles. The molecule has 4 nitrogen and oxygen atoms in total. The summed E-state index contributed by atoms with van der Waals surface area (Å²) >= 11 is 0. The van der Waals surface area contributed by atoms with Gasteiger partial charge < -0.3 is 15.2 Å². The summed E-state index contributed by atoms with van der Waals surface area (Å²) < 4.78 is 5.15. The number of rotatable bonds is 7. The number of aliphatic hydroxyl groups is 1. The number of carbonyl (C=O) groups excluding carboxylic acids is 1. The minimum Gasteiger partial charge on any atom is -0.497 e. The van der Waals surface area contributed by atoms with Crippen LogP contribution in [0.15, 0.2) is 54.6 Å². The number of carbonyl (C=O) groups is 1. The van der Waals surface area contributed by atoms with Crippen LogP contribution in [0.5, 0.6) is 5.75 Å². The van der Waals surface area contributed by atoms with Crippen molar-refractivity contribution in [3.8, 4) is 5.75 Å². The smallest absolute Gasteiger partial charge is 0.227 e. The fraction of sp³-hybridized carbons (Fsp3) is 0.316. The lowest BCUT2D eigenvalue weighted by atomic mass is 9.95. The number of amides is 1. The standard InChI is InChI=1S/C19H23NO3/c1-3-17(14-8-5-4-6-9-14)19(22)20-13-18(21)15-10-7-11-16(12-15)23-2/h4-12,17-18,21H,3,13H2,1-2H3,(H,20,22). The van der Waals surface area contributed by atoms with Crippen LogP contribution in [0.4, 0.5) is 0 Å². The van der Waals surface area contributed by atoms with Crippen LogP contribution < -0.4 is 10.1 Å². The molecule has 0 aliphatic carbocycles. The summed E-state index contributed by atoms with van der Waals surface area (Å²) in [4.78, 5) is 12.4. The van der Waals surface area contributed by atoms with E-state index in [4.69, 9.17) is 4.74 Å². The van der Waals surface area contributed by atoms with Gasteiger partial charge in [-0.15, -0.1) is 0 Å². The van der Waals surface area contributed by atoms with Crippen LogP contribution in [-0.4, -0.2) is 24.7 Å². The van der Waals surface area contributed by atoms with E-state index < -0.39 is 6.10 Å². The van der Waals surface area contributed by atoms with Crippen molar-refractivity contribution >= 4 is 5.91 Å². The monoisotopic (exact) mass is 313 g/mol. The van der Waals surface area contributed by atoms with Crippen molar-refractivity contribution < 1.29 is 14.6 Å². The number of ether oxygens (including phenoxy) is 1. The third-order valence-corrected chi connectivity index (χ3v) is 3.87. The molecule has 122 valence electrons. The second kappa shape index (κ2) is 8.34. The van der Waals surface area contributed by atoms with E-state index in [1.54, 1.807) is 13.2 Å². The zero-order chi connectivity index (χ0) is 16.7. The summed E-state index contributed by atoms with van der Waals surface area (Å²) in [6.07, 6.45) is -0.0483. The van der Waals surface area contributed by atoms with Crippen LogP contribution in [0.2, 0.25) is 0 Å². The predicted molar refractivity (Wildman–Crippen MR) is 90.4 cm³/mol. The number of methoxy groups -OCH3 is 1. The zero-order valence-corrected chi connectivity index (χ0v) is 13.5. The lowest BCUT2D eigenvalue weighted by Crippen LogP contribution is -2.32. The van der Waals surface area contributed by atoms with Crippen molar-refractivity contribution in [1.29, 1.82) is 0 Å². The molecule has 2 unspecified atom stereocenters. The van der Waals surface area contributed by atoms with Crippen LogP contribution in [0.3, 0.4) is 0 Å². The Morgan fingerprint density at radius 3 is 2.48 bits per heavy atom. The first-order chi connectivity index (χ1) is 11.2. The molecule has 0 aromatic heterocycles. The van der Waals surface area contributed by atoms with E-state index in [9.17, 15) is 9.90 Å². The molecule has 0 saturated carbocycles. The van der Waals surface area contributed by atoms with E-state index >= 15 is 0 Å². The van der Waals surface area contributed by atoms with Crippen molar-refractivity contribution in [2.45, 2.75) is 25.4 Å². The molecule has 2 N–H and O–H groups in total. The van der Waals surface area contributed by atoms with E-state index in [1.165, 1.54) is 0 Å². The Kier molecular flexibility index (Phi) is 6.18. The third-order valence-electron chi connectivity index (χ3n) is 3.87. The second-order valence-corrected chi connectivity index (χ2v) is 5.41. The molecule has 4 heteroatoms. The molecule has 2 aromatic rings. The average molecular weight is 313 g/mol. The first-order valence-electron chi connectivity index (χ1n) is 7.80. The highest BCUT2D eigenvalue weighted by atomic mass is 16.5. The van der Waals surface area contributed by atoms with Gasteiger partial charge in [0.25, 0.3) is 0 Å². The summed E-state index contributed by atoms with van der Waals surface area (Å²) in [6.45, 7) is 2.16. The first-order valence-corrected chi connectivity index (χ1v) is 7.80. The van der Waals surface area contributed by atoms with Gasteiger partial charge in [0, 0.05) is 6.54 Å². The maximum absolute atomic E-state index is 12.4. The van der Waals surface area contributed by atoms with Gasteiger partial charge in [-0.25, -0.2) is 0 Å². The maximum atomic E-state index is 12.4. The molecule has 0 fully saturated rings. The van der Waals surface area contributed by atoms with Crippen molar-refractivity contribution in [2.75, 3.05) is 13.7 Å². The predicted octanol–water partition coefficient (Wildman–Crippen LogP) is 3.04. The normalized spacial score (nSPS) is 13.2. The van der Waals surface area contributed by atoms with Gasteiger partial charge in [0.05, 0.1) is 19.1 Å². The number of hydrogen-bond donors (Lipinski definition) is 2. The largest absolute Gasteiger partial charge is 0.497 e. The highest BCUT2D eigenvalue weighted by molar-refractivity contribution is 5.83. The molecular formula is C19H23NO3. The molecule has 0 spiro atoms. The quantitative estimate of drug-likeness (QED) is 0.826. The summed E-state index contributed by atoms with van der Waals surface area (Å²) in [5, 5.41) is 13.1. The molecule has 0 heterocycles. The molecule has 2 rings (SSSR count). The molecule has 0 bridgehead atoms. The second-order valence-electron chi connectivity index (χ2n) is 5.41. The highest BCUT2D eigenvalue weighted by Gasteiger charge is 2.19. The van der Waals surface area contributed by atoms with Gasteiger partial charge in [0.2, 0.25) is 5.91 Å². The van der Waals surface area contributed by atoms with Crippen LogP contribution in [0.25, 0.3) is 0 Å². The highest BCUT2D eigenvalue weighted by Crippen LogP contribution is 2.21. The number of hydrogen-bond acceptors (Lipinski definition) is 3. The Morgan fingerprint density at radius 2 is 1.83 bits per heavy atom. The third kappa shape index (κ3) is 4.57. The molecule has 2 aromatic carbocycles. The Balaban J connectivity index is 1.97. The van der Waals surface area contributed by atoms with Gasteiger partial charge in [-0.05, 0) is 29.7 Å². The fourth-order valence-electron chi connectivity index (χ4n) is 2.54. The summed E-state index contributed by atoms with van der Waals surface area (Å²) in [6, 6.07) is 16.9. The van der Waals surface area contributed by atoms with Crippen molar-refractivity contribution in [3.63, 3.8) is 0 Å². The Hall–Kier alpha value is -2.33. The maximum Gasteiger partial charge on any atom is 0.227 e. The average Bonchev–Trinajstić information content (AvgIpc) is 2.61. The molecule has 23 heavy (non-hydrogen) atoms. The van der Waals surface area contributed by atoms with Crippen molar-refractivity contribution in [2.24, 2.45) is 0 Å². The number of aliphatic hydroxyl groups excluding tert-OH is 1. The van der Waals surface area contributed by atoms with Crippen LogP contribution in [-0.2, 0) is 4.79 Å². The summed E-state index contributed by atoms with van der Waals surface area (Å²) in [7, 11) is 1.58. The van der Waals surface area contributed by atoms with E-state index in [2.05, 4.69) is 5.32 Å². The summed E-state index contributed by atoms with van der Waals surface area (Å²) in [5.74, 6) is 0.415. The SMILES string of the molecule is CCC(C(=O)NCC(O)c1cccc(OC)c1)c1ccccc1. The number of benzene rings is 2. The van der Waals surface area contributed by atoms with Gasteiger partial charge in [0.1, 0.15) is 5.75 Å². The van der Waals surface area contributed by atoms with Gasteiger partial charge in [0.15, 0.2) is 0 Å². The molecule has 2 atom stereocenters. The Morgan fingerprint density at radius 1 is 1.13 bits per heavy atom. The molecule has 0 saturated heterocycles. The molecular weight excluding hydrogens is 290 g/mol. The van der Waals surface area contributed by atoms with E-state index in [0.29, 0.717) is 12.2 Å². The van der Waals surface area contributed by atoms with Crippen LogP contribution in [0.1, 0.15) is 36.5 Å². The lowest BCUT2D eigenvalue weighted by Gasteiger charge is -2.18. The zero-order valence-electron chi connectivity index (χ0n) is 13.5. The molecule has 0 aliphatic rings. The van der Waals surface area contributed by atoms with E-state index in [0.717, 1.165) is 11.1 Å². The topological polar surface area (TPSA) is 58.6 Å². The van der Waals surface area contributed by atoms with E-state index in [-0.39, 0.29) is 18.4 Å². The van der Waals surface area contributed by atoms with Gasteiger partial charge in [-0.2, -0.15) is 0 Å². The summed E-state index contributed by atoms with van der Waals surface area (Å²) in [5.41, 5.74) is 1.71. The van der Waals surface area contributed by atoms with Gasteiger partial charge >= 0.3 is 0 Å². The van der Waals surface area contributed by atoms with Crippen LogP contribution >= 0.6 is 0 Å². The Labute approximate surface area is 137 Å². The van der Waals surface area contributed by atoms with E-state index in [1.807, 2.05) is 55.5 Å². The first kappa shape index (κ1) is 17.0. The fourth-order valence-corrected chi connectivity index (χ4v) is 2.54. The van der Waals surface area contributed by atoms with Crippen molar-refractivity contribution in [3.05, 3.63) is 65.7 Å². The molecule has 0 radical (unpaired) electrons. The minimum absolute atomic E-state index is 0.0688. The van der Waals surface area contributed by atoms with Crippen molar-refractivity contribution in [1.82, 2.24) is 5.32 Å². The number of nitrogens with one attached hydrogen (secondary N) is 1. The van der Waals surface area contributed by atoms with Gasteiger partial charge in [-0.3, -0.25) is 4.79 Å². The van der Waals surface area contributed by atoms with Crippen LogP contribution in [0, 0.1) is 0 Å².